The second kappa shape index (κ2) is 6.00. The summed E-state index contributed by atoms with van der Waals surface area (Å²) in [5.74, 6) is 0.0988. The lowest BCUT2D eigenvalue weighted by Crippen LogP contribution is -2.05. The zero-order chi connectivity index (χ0) is 12.8. The van der Waals surface area contributed by atoms with Crippen LogP contribution in [0.5, 0.6) is 0 Å². The Morgan fingerprint density at radius 1 is 1.33 bits per heavy atom. The summed E-state index contributed by atoms with van der Waals surface area (Å²) < 4.78 is 2.06. The van der Waals surface area contributed by atoms with Crippen LogP contribution in [0.3, 0.4) is 0 Å². The number of imidazole rings is 1. The largest absolute Gasteiger partial charge is 0.385 e. The molecule has 4 nitrogen and oxygen atoms in total. The molecule has 18 heavy (non-hydrogen) atoms. The molecule has 1 aromatic heterocycles. The number of carbonyl (C=O) groups excluding carboxylic acids is 1. The lowest BCUT2D eigenvalue weighted by molar-refractivity contribution is 0.101. The molecule has 0 bridgehead atoms. The summed E-state index contributed by atoms with van der Waals surface area (Å²) in [4.78, 5) is 15.1. The third-order valence-electron chi connectivity index (χ3n) is 2.77. The summed E-state index contributed by atoms with van der Waals surface area (Å²) in [7, 11) is 0. The second-order valence-corrected chi connectivity index (χ2v) is 4.21. The number of benzene rings is 1. The van der Waals surface area contributed by atoms with E-state index >= 15 is 0 Å². The Labute approximate surface area is 107 Å². The molecule has 2 aromatic rings. The van der Waals surface area contributed by atoms with Gasteiger partial charge in [-0.25, -0.2) is 4.98 Å². The van der Waals surface area contributed by atoms with Crippen molar-refractivity contribution in [2.24, 2.45) is 0 Å². The van der Waals surface area contributed by atoms with E-state index in [1.807, 2.05) is 36.8 Å². The van der Waals surface area contributed by atoms with Crippen molar-refractivity contribution in [2.45, 2.75) is 19.9 Å². The average Bonchev–Trinajstić information content (AvgIpc) is 2.88. The van der Waals surface area contributed by atoms with Crippen LogP contribution < -0.4 is 5.32 Å². The second-order valence-electron chi connectivity index (χ2n) is 4.21. The standard InChI is InChI=1S/C14H17N3O/c1-12(18)13-3-5-14(6-4-13)16-7-2-9-17-10-8-15-11-17/h3-6,8,10-11,16H,2,7,9H2,1H3. The van der Waals surface area contributed by atoms with Gasteiger partial charge in [-0.2, -0.15) is 0 Å². The van der Waals surface area contributed by atoms with E-state index in [0.29, 0.717) is 0 Å². The van der Waals surface area contributed by atoms with E-state index in [2.05, 4.69) is 14.9 Å². The monoisotopic (exact) mass is 243 g/mol. The molecular formula is C14H17N3O. The third kappa shape index (κ3) is 3.45. The molecule has 0 aliphatic carbocycles. The zero-order valence-corrected chi connectivity index (χ0v) is 10.5. The molecule has 0 aliphatic rings. The van der Waals surface area contributed by atoms with E-state index in [1.165, 1.54) is 0 Å². The number of hydrogen-bond acceptors (Lipinski definition) is 3. The van der Waals surface area contributed by atoms with Crippen LogP contribution >= 0.6 is 0 Å². The fraction of sp³-hybridized carbons (Fsp3) is 0.286. The van der Waals surface area contributed by atoms with E-state index in [9.17, 15) is 4.79 Å². The normalized spacial score (nSPS) is 10.3. The van der Waals surface area contributed by atoms with Crippen LogP contribution in [0.25, 0.3) is 0 Å². The summed E-state index contributed by atoms with van der Waals surface area (Å²) in [5.41, 5.74) is 1.80. The van der Waals surface area contributed by atoms with Gasteiger partial charge < -0.3 is 9.88 Å². The molecule has 1 heterocycles. The molecule has 1 aromatic carbocycles. The molecule has 0 radical (unpaired) electrons. The molecule has 0 spiro atoms. The minimum Gasteiger partial charge on any atom is -0.385 e. The molecule has 4 heteroatoms. The molecule has 0 atom stereocenters. The van der Waals surface area contributed by atoms with Crippen molar-refractivity contribution in [3.63, 3.8) is 0 Å². The lowest BCUT2D eigenvalue weighted by Gasteiger charge is -2.07. The molecule has 94 valence electrons. The Bertz CT molecular complexity index is 488. The van der Waals surface area contributed by atoms with Gasteiger partial charge in [-0.15, -0.1) is 0 Å². The van der Waals surface area contributed by atoms with Gasteiger partial charge in [0.1, 0.15) is 0 Å². The highest BCUT2D eigenvalue weighted by atomic mass is 16.1. The minimum absolute atomic E-state index is 0.0988. The first kappa shape index (κ1) is 12.4. The molecular weight excluding hydrogens is 226 g/mol. The number of carbonyl (C=O) groups is 1. The summed E-state index contributed by atoms with van der Waals surface area (Å²) >= 11 is 0. The smallest absolute Gasteiger partial charge is 0.159 e. The van der Waals surface area contributed by atoms with Crippen molar-refractivity contribution >= 4 is 11.5 Å². The zero-order valence-electron chi connectivity index (χ0n) is 10.5. The lowest BCUT2D eigenvalue weighted by atomic mass is 10.1. The van der Waals surface area contributed by atoms with Gasteiger partial charge in [0.15, 0.2) is 5.78 Å². The van der Waals surface area contributed by atoms with Crippen LogP contribution in [0.1, 0.15) is 23.7 Å². The average molecular weight is 243 g/mol. The first-order chi connectivity index (χ1) is 8.75. The number of aromatic nitrogens is 2. The Kier molecular flexibility index (Phi) is 4.12. The molecule has 0 unspecified atom stereocenters. The van der Waals surface area contributed by atoms with E-state index in [0.717, 1.165) is 30.8 Å². The van der Waals surface area contributed by atoms with Gasteiger partial charge >= 0.3 is 0 Å². The maximum Gasteiger partial charge on any atom is 0.159 e. The van der Waals surface area contributed by atoms with Crippen LogP contribution in [0.2, 0.25) is 0 Å². The van der Waals surface area contributed by atoms with E-state index in [1.54, 1.807) is 13.1 Å². The van der Waals surface area contributed by atoms with Crippen molar-refractivity contribution in [2.75, 3.05) is 11.9 Å². The number of aryl methyl sites for hydroxylation is 1. The highest BCUT2D eigenvalue weighted by Crippen LogP contribution is 2.09. The number of anilines is 1. The van der Waals surface area contributed by atoms with E-state index in [-0.39, 0.29) is 5.78 Å². The fourth-order valence-corrected chi connectivity index (χ4v) is 1.74. The van der Waals surface area contributed by atoms with Crippen molar-refractivity contribution in [1.29, 1.82) is 0 Å². The quantitative estimate of drug-likeness (QED) is 0.626. The summed E-state index contributed by atoms with van der Waals surface area (Å²) in [6.07, 6.45) is 6.60. The first-order valence-corrected chi connectivity index (χ1v) is 6.06. The molecule has 0 fully saturated rings. The highest BCUT2D eigenvalue weighted by Gasteiger charge is 1.98. The molecule has 1 N–H and O–H groups in total. The predicted molar refractivity (Wildman–Crippen MR) is 71.8 cm³/mol. The third-order valence-corrected chi connectivity index (χ3v) is 2.77. The Morgan fingerprint density at radius 2 is 2.11 bits per heavy atom. The Hall–Kier alpha value is -2.10. The van der Waals surface area contributed by atoms with Gasteiger partial charge in [0.2, 0.25) is 0 Å². The minimum atomic E-state index is 0.0988. The van der Waals surface area contributed by atoms with Crippen LogP contribution in [0, 0.1) is 0 Å². The van der Waals surface area contributed by atoms with Crippen LogP contribution in [0.4, 0.5) is 5.69 Å². The number of Topliss-reactive ketones (excluding diaryl/α,β-unsaturated/α-hetero) is 1. The SMILES string of the molecule is CC(=O)c1ccc(NCCCn2ccnc2)cc1. The van der Waals surface area contributed by atoms with Crippen LogP contribution in [-0.4, -0.2) is 21.9 Å². The molecule has 0 amide bonds. The van der Waals surface area contributed by atoms with Crippen LogP contribution in [-0.2, 0) is 6.54 Å². The Morgan fingerprint density at radius 3 is 2.72 bits per heavy atom. The molecule has 2 rings (SSSR count). The Balaban J connectivity index is 1.75. The first-order valence-electron chi connectivity index (χ1n) is 6.06. The number of ketones is 1. The predicted octanol–water partition coefficient (Wildman–Crippen LogP) is 2.59. The summed E-state index contributed by atoms with van der Waals surface area (Å²) in [6, 6.07) is 7.57. The number of nitrogens with one attached hydrogen (secondary N) is 1. The molecule has 0 saturated heterocycles. The van der Waals surface area contributed by atoms with Gasteiger partial charge in [0, 0.05) is 36.7 Å². The van der Waals surface area contributed by atoms with Gasteiger partial charge in [0.25, 0.3) is 0 Å². The van der Waals surface area contributed by atoms with Crippen molar-refractivity contribution in [1.82, 2.24) is 9.55 Å². The summed E-state index contributed by atoms with van der Waals surface area (Å²) in [5, 5.41) is 3.33. The van der Waals surface area contributed by atoms with E-state index < -0.39 is 0 Å². The maximum absolute atomic E-state index is 11.1. The number of hydrogen-bond donors (Lipinski definition) is 1. The number of rotatable bonds is 6. The van der Waals surface area contributed by atoms with Gasteiger partial charge in [-0.3, -0.25) is 4.79 Å². The topological polar surface area (TPSA) is 46.9 Å². The van der Waals surface area contributed by atoms with Crippen LogP contribution in [0.15, 0.2) is 43.0 Å². The van der Waals surface area contributed by atoms with Gasteiger partial charge in [-0.1, -0.05) is 0 Å². The maximum atomic E-state index is 11.1. The van der Waals surface area contributed by atoms with Gasteiger partial charge in [0.05, 0.1) is 6.33 Å². The van der Waals surface area contributed by atoms with Crippen molar-refractivity contribution in [3.8, 4) is 0 Å². The highest BCUT2D eigenvalue weighted by molar-refractivity contribution is 5.94. The fourth-order valence-electron chi connectivity index (χ4n) is 1.74. The number of nitrogens with zero attached hydrogens (tertiary/aromatic N) is 2. The van der Waals surface area contributed by atoms with Gasteiger partial charge in [-0.05, 0) is 37.6 Å². The van der Waals surface area contributed by atoms with Crippen molar-refractivity contribution < 1.29 is 4.79 Å². The van der Waals surface area contributed by atoms with Crippen molar-refractivity contribution in [3.05, 3.63) is 48.5 Å². The summed E-state index contributed by atoms with van der Waals surface area (Å²) in [6.45, 7) is 3.43. The van der Waals surface area contributed by atoms with E-state index in [4.69, 9.17) is 0 Å². The molecule has 0 aliphatic heterocycles. The molecule has 0 saturated carbocycles.